The monoisotopic (exact) mass is 415 g/mol. The molecule has 2 heterocycles. The first-order chi connectivity index (χ1) is 13.2. The van der Waals surface area contributed by atoms with Crippen LogP contribution in [0.2, 0.25) is 0 Å². The van der Waals surface area contributed by atoms with E-state index in [-0.39, 0.29) is 37.6 Å². The Morgan fingerprint density at radius 2 is 1.68 bits per heavy atom. The number of piperazine rings is 1. The molecule has 28 heavy (non-hydrogen) atoms. The lowest BCUT2D eigenvalue weighted by molar-refractivity contribution is -0.138. The lowest BCUT2D eigenvalue weighted by Crippen LogP contribution is -2.54. The summed E-state index contributed by atoms with van der Waals surface area (Å²) in [5, 5.41) is 0. The van der Waals surface area contributed by atoms with Crippen LogP contribution in [0.1, 0.15) is 33.1 Å². The fourth-order valence-corrected chi connectivity index (χ4v) is 5.63. The van der Waals surface area contributed by atoms with Crippen molar-refractivity contribution in [3.63, 3.8) is 0 Å². The van der Waals surface area contributed by atoms with Gasteiger partial charge in [0.25, 0.3) is 0 Å². The SMILES string of the molecule is C[C@@H]1CCC[C@H](C)N1C(=O)CN1CCN(S(=O)(=O)c2cc(F)ccc2F)CC1. The van der Waals surface area contributed by atoms with E-state index in [1.54, 1.807) is 0 Å². The van der Waals surface area contributed by atoms with Crippen molar-refractivity contribution in [3.8, 4) is 0 Å². The molecule has 0 N–H and O–H groups in total. The molecule has 1 aromatic carbocycles. The molecule has 156 valence electrons. The Morgan fingerprint density at radius 1 is 1.07 bits per heavy atom. The first kappa shape index (κ1) is 21.1. The van der Waals surface area contributed by atoms with Crippen LogP contribution in [0.3, 0.4) is 0 Å². The molecule has 0 saturated carbocycles. The minimum Gasteiger partial charge on any atom is -0.336 e. The van der Waals surface area contributed by atoms with Crippen molar-refractivity contribution in [1.29, 1.82) is 0 Å². The summed E-state index contributed by atoms with van der Waals surface area (Å²) in [7, 11) is -4.11. The Labute approximate surface area is 165 Å². The second kappa shape index (κ2) is 8.42. The molecule has 1 aromatic rings. The number of hydrogen-bond acceptors (Lipinski definition) is 4. The van der Waals surface area contributed by atoms with E-state index in [4.69, 9.17) is 0 Å². The van der Waals surface area contributed by atoms with E-state index in [1.165, 1.54) is 0 Å². The van der Waals surface area contributed by atoms with Crippen LogP contribution >= 0.6 is 0 Å². The average molecular weight is 416 g/mol. The molecule has 2 aliphatic heterocycles. The van der Waals surface area contributed by atoms with Gasteiger partial charge in [-0.15, -0.1) is 0 Å². The fourth-order valence-electron chi connectivity index (χ4n) is 4.13. The van der Waals surface area contributed by atoms with E-state index in [0.717, 1.165) is 35.7 Å². The van der Waals surface area contributed by atoms with Crippen molar-refractivity contribution in [2.24, 2.45) is 0 Å². The van der Waals surface area contributed by atoms with Gasteiger partial charge in [-0.25, -0.2) is 17.2 Å². The summed E-state index contributed by atoms with van der Waals surface area (Å²) in [5.41, 5.74) is 0. The maximum atomic E-state index is 13.9. The maximum absolute atomic E-state index is 13.9. The van der Waals surface area contributed by atoms with E-state index in [0.29, 0.717) is 19.2 Å². The first-order valence-electron chi connectivity index (χ1n) is 9.69. The molecule has 9 heteroatoms. The molecule has 0 aromatic heterocycles. The molecule has 2 saturated heterocycles. The number of carbonyl (C=O) groups excluding carboxylic acids is 1. The summed E-state index contributed by atoms with van der Waals surface area (Å²) in [6.45, 7) is 5.39. The van der Waals surface area contributed by atoms with Crippen molar-refractivity contribution in [2.45, 2.75) is 50.1 Å². The molecule has 0 aliphatic carbocycles. The van der Waals surface area contributed by atoms with Crippen molar-refractivity contribution in [1.82, 2.24) is 14.1 Å². The molecule has 0 spiro atoms. The largest absolute Gasteiger partial charge is 0.336 e. The quantitative estimate of drug-likeness (QED) is 0.755. The summed E-state index contributed by atoms with van der Waals surface area (Å²) in [6.07, 6.45) is 3.13. The van der Waals surface area contributed by atoms with Crippen molar-refractivity contribution in [3.05, 3.63) is 29.8 Å². The van der Waals surface area contributed by atoms with Gasteiger partial charge in [0.1, 0.15) is 16.5 Å². The molecule has 0 radical (unpaired) electrons. The molecule has 2 atom stereocenters. The number of piperidine rings is 1. The molecule has 3 rings (SSSR count). The van der Waals surface area contributed by atoms with Crippen LogP contribution in [0, 0.1) is 11.6 Å². The molecule has 0 unspecified atom stereocenters. The second-order valence-electron chi connectivity index (χ2n) is 7.68. The number of carbonyl (C=O) groups is 1. The van der Waals surface area contributed by atoms with Gasteiger partial charge in [-0.3, -0.25) is 9.69 Å². The van der Waals surface area contributed by atoms with Gasteiger partial charge in [-0.2, -0.15) is 4.31 Å². The van der Waals surface area contributed by atoms with Crippen LogP contribution < -0.4 is 0 Å². The Balaban J connectivity index is 1.61. The predicted molar refractivity (Wildman–Crippen MR) is 101 cm³/mol. The smallest absolute Gasteiger partial charge is 0.246 e. The lowest BCUT2D eigenvalue weighted by Gasteiger charge is -2.41. The second-order valence-corrected chi connectivity index (χ2v) is 9.59. The zero-order valence-electron chi connectivity index (χ0n) is 16.3. The Hall–Kier alpha value is -1.58. The van der Waals surface area contributed by atoms with Crippen LogP contribution in [0.5, 0.6) is 0 Å². The van der Waals surface area contributed by atoms with Gasteiger partial charge in [-0.05, 0) is 51.3 Å². The third-order valence-electron chi connectivity index (χ3n) is 5.68. The number of halogens is 2. The molecule has 6 nitrogen and oxygen atoms in total. The summed E-state index contributed by atoms with van der Waals surface area (Å²) in [5.74, 6) is -1.70. The molecule has 2 aliphatic rings. The number of rotatable bonds is 4. The van der Waals surface area contributed by atoms with Crippen molar-refractivity contribution < 1.29 is 22.0 Å². The molecule has 0 bridgehead atoms. The van der Waals surface area contributed by atoms with Crippen LogP contribution in [-0.4, -0.2) is 73.2 Å². The minimum absolute atomic E-state index is 0.0622. The highest BCUT2D eigenvalue weighted by molar-refractivity contribution is 7.89. The van der Waals surface area contributed by atoms with E-state index in [9.17, 15) is 22.0 Å². The molecule has 1 amide bonds. The van der Waals surface area contributed by atoms with Gasteiger partial charge in [-0.1, -0.05) is 0 Å². The van der Waals surface area contributed by atoms with Gasteiger partial charge < -0.3 is 4.90 Å². The Morgan fingerprint density at radius 3 is 2.29 bits per heavy atom. The van der Waals surface area contributed by atoms with Crippen molar-refractivity contribution >= 4 is 15.9 Å². The standard InChI is InChI=1S/C19H27F2N3O3S/c1-14-4-3-5-15(2)24(14)19(25)13-22-8-10-23(11-9-22)28(26,27)18-12-16(20)6-7-17(18)21/h6-7,12,14-15H,3-5,8-11,13H2,1-2H3/t14-,15+. The zero-order valence-corrected chi connectivity index (χ0v) is 17.1. The van der Waals surface area contributed by atoms with Gasteiger partial charge in [0.15, 0.2) is 0 Å². The van der Waals surface area contributed by atoms with Crippen molar-refractivity contribution in [2.75, 3.05) is 32.7 Å². The van der Waals surface area contributed by atoms with E-state index in [1.807, 2.05) is 9.80 Å². The highest BCUT2D eigenvalue weighted by Gasteiger charge is 2.33. The summed E-state index contributed by atoms with van der Waals surface area (Å²) >= 11 is 0. The van der Waals surface area contributed by atoms with Crippen LogP contribution in [0.25, 0.3) is 0 Å². The minimum atomic E-state index is -4.11. The predicted octanol–water partition coefficient (Wildman–Crippen LogP) is 2.06. The Kier molecular flexibility index (Phi) is 6.36. The lowest BCUT2D eigenvalue weighted by atomic mass is 9.97. The number of benzene rings is 1. The van der Waals surface area contributed by atoms with Gasteiger partial charge in [0.05, 0.1) is 6.54 Å². The first-order valence-corrected chi connectivity index (χ1v) is 11.1. The third kappa shape index (κ3) is 4.36. The highest BCUT2D eigenvalue weighted by Crippen LogP contribution is 2.24. The van der Waals surface area contributed by atoms with Crippen LogP contribution in [0.15, 0.2) is 23.1 Å². The normalized spacial score (nSPS) is 25.1. The molecular formula is C19H27F2N3O3S. The Bertz CT molecular complexity index is 816. The average Bonchev–Trinajstić information content (AvgIpc) is 2.64. The third-order valence-corrected chi connectivity index (χ3v) is 7.60. The highest BCUT2D eigenvalue weighted by atomic mass is 32.2. The van der Waals surface area contributed by atoms with Gasteiger partial charge >= 0.3 is 0 Å². The summed E-state index contributed by atoms with van der Waals surface area (Å²) in [6, 6.07) is 2.85. The summed E-state index contributed by atoms with van der Waals surface area (Å²) in [4.78, 5) is 15.9. The van der Waals surface area contributed by atoms with E-state index < -0.39 is 26.6 Å². The van der Waals surface area contributed by atoms with E-state index >= 15 is 0 Å². The number of hydrogen-bond donors (Lipinski definition) is 0. The zero-order chi connectivity index (χ0) is 20.5. The molecular weight excluding hydrogens is 388 g/mol. The number of nitrogens with zero attached hydrogens (tertiary/aromatic N) is 3. The summed E-state index contributed by atoms with van der Waals surface area (Å²) < 4.78 is 53.8. The number of amides is 1. The number of sulfonamides is 1. The topological polar surface area (TPSA) is 60.9 Å². The van der Waals surface area contributed by atoms with Gasteiger partial charge in [0.2, 0.25) is 15.9 Å². The maximum Gasteiger partial charge on any atom is 0.246 e. The number of likely N-dealkylation sites (tertiary alicyclic amines) is 1. The molecule has 2 fully saturated rings. The van der Waals surface area contributed by atoms with E-state index in [2.05, 4.69) is 13.8 Å². The van der Waals surface area contributed by atoms with Crippen LogP contribution in [0.4, 0.5) is 8.78 Å². The van der Waals surface area contributed by atoms with Crippen LogP contribution in [-0.2, 0) is 14.8 Å². The van der Waals surface area contributed by atoms with Gasteiger partial charge in [0, 0.05) is 38.3 Å². The fraction of sp³-hybridized carbons (Fsp3) is 0.632.